The van der Waals surface area contributed by atoms with Crippen molar-refractivity contribution in [3.8, 4) is 10.4 Å². The van der Waals surface area contributed by atoms with Gasteiger partial charge in [0, 0.05) is 4.88 Å². The Labute approximate surface area is 111 Å². The predicted molar refractivity (Wildman–Crippen MR) is 75.4 cm³/mol. The Morgan fingerprint density at radius 2 is 2.11 bits per heavy atom. The Morgan fingerprint density at radius 1 is 1.33 bits per heavy atom. The van der Waals surface area contributed by atoms with E-state index >= 15 is 0 Å². The third-order valence-corrected chi connectivity index (χ3v) is 4.13. The van der Waals surface area contributed by atoms with E-state index in [9.17, 15) is 4.79 Å². The number of hydrogen-bond donors (Lipinski definition) is 1. The standard InChI is InChI=1S/C15H16O2S/c1-3-5-11-6-4-7-12(9-11)14-10(2)8-13(18-14)15(16)17/h4,6-9H,3,5H2,1-2H3,(H,16,17). The van der Waals surface area contributed by atoms with Gasteiger partial charge in [-0.3, -0.25) is 0 Å². The molecule has 2 nitrogen and oxygen atoms in total. The van der Waals surface area contributed by atoms with E-state index in [1.165, 1.54) is 16.9 Å². The number of aromatic carboxylic acids is 1. The highest BCUT2D eigenvalue weighted by atomic mass is 32.1. The molecule has 1 aromatic heterocycles. The summed E-state index contributed by atoms with van der Waals surface area (Å²) >= 11 is 1.35. The molecule has 94 valence electrons. The molecule has 0 aliphatic carbocycles. The van der Waals surface area contributed by atoms with Crippen LogP contribution in [0.15, 0.2) is 30.3 Å². The second-order valence-corrected chi connectivity index (χ2v) is 5.43. The average Bonchev–Trinajstić information content (AvgIpc) is 2.72. The molecule has 0 bridgehead atoms. The molecule has 0 amide bonds. The highest BCUT2D eigenvalue weighted by molar-refractivity contribution is 7.17. The molecule has 1 N–H and O–H groups in total. The molecule has 0 spiro atoms. The van der Waals surface area contributed by atoms with Gasteiger partial charge in [-0.15, -0.1) is 11.3 Å². The second-order valence-electron chi connectivity index (χ2n) is 4.38. The lowest BCUT2D eigenvalue weighted by Crippen LogP contribution is -1.89. The second kappa shape index (κ2) is 5.36. The Hall–Kier alpha value is -1.61. The van der Waals surface area contributed by atoms with Crippen molar-refractivity contribution in [1.29, 1.82) is 0 Å². The Morgan fingerprint density at radius 3 is 2.72 bits per heavy atom. The van der Waals surface area contributed by atoms with Gasteiger partial charge in [0.25, 0.3) is 0 Å². The van der Waals surface area contributed by atoms with Gasteiger partial charge in [-0.2, -0.15) is 0 Å². The molecular formula is C15H16O2S. The topological polar surface area (TPSA) is 37.3 Å². The van der Waals surface area contributed by atoms with Crippen molar-refractivity contribution in [2.24, 2.45) is 0 Å². The minimum atomic E-state index is -0.848. The first kappa shape index (κ1) is 12.8. The molecule has 18 heavy (non-hydrogen) atoms. The van der Waals surface area contributed by atoms with Crippen molar-refractivity contribution in [1.82, 2.24) is 0 Å². The van der Waals surface area contributed by atoms with Crippen molar-refractivity contribution < 1.29 is 9.90 Å². The predicted octanol–water partition coefficient (Wildman–Crippen LogP) is 4.37. The summed E-state index contributed by atoms with van der Waals surface area (Å²) in [5, 5.41) is 9.02. The number of thiophene rings is 1. The van der Waals surface area contributed by atoms with Gasteiger partial charge in [0.1, 0.15) is 4.88 Å². The fourth-order valence-corrected chi connectivity index (χ4v) is 3.04. The number of carbonyl (C=O) groups is 1. The van der Waals surface area contributed by atoms with Gasteiger partial charge in [-0.1, -0.05) is 37.6 Å². The zero-order chi connectivity index (χ0) is 13.1. The molecule has 0 aliphatic rings. The van der Waals surface area contributed by atoms with Crippen molar-refractivity contribution in [2.45, 2.75) is 26.7 Å². The number of carboxylic acids is 1. The van der Waals surface area contributed by atoms with E-state index in [1.807, 2.05) is 19.1 Å². The van der Waals surface area contributed by atoms with Gasteiger partial charge in [0.15, 0.2) is 0 Å². The molecule has 2 aromatic rings. The van der Waals surface area contributed by atoms with Crippen molar-refractivity contribution in [3.63, 3.8) is 0 Å². The SMILES string of the molecule is CCCc1cccc(-c2sc(C(=O)O)cc2C)c1. The third kappa shape index (κ3) is 2.62. The van der Waals surface area contributed by atoms with Crippen LogP contribution in [0, 0.1) is 6.92 Å². The van der Waals surface area contributed by atoms with Gasteiger partial charge >= 0.3 is 5.97 Å². The molecule has 1 aromatic carbocycles. The molecular weight excluding hydrogens is 244 g/mol. The van der Waals surface area contributed by atoms with Gasteiger partial charge in [0.2, 0.25) is 0 Å². The van der Waals surface area contributed by atoms with E-state index in [1.54, 1.807) is 6.07 Å². The zero-order valence-corrected chi connectivity index (χ0v) is 11.4. The van der Waals surface area contributed by atoms with Crippen LogP contribution in [0.2, 0.25) is 0 Å². The van der Waals surface area contributed by atoms with Crippen LogP contribution >= 0.6 is 11.3 Å². The van der Waals surface area contributed by atoms with Gasteiger partial charge in [0.05, 0.1) is 0 Å². The van der Waals surface area contributed by atoms with Crippen molar-refractivity contribution in [3.05, 3.63) is 46.3 Å². The first-order valence-corrected chi connectivity index (χ1v) is 6.86. The van der Waals surface area contributed by atoms with Crippen LogP contribution in [0.4, 0.5) is 0 Å². The molecule has 0 radical (unpaired) electrons. The largest absolute Gasteiger partial charge is 0.477 e. The molecule has 0 aliphatic heterocycles. The lowest BCUT2D eigenvalue weighted by atomic mass is 10.0. The summed E-state index contributed by atoms with van der Waals surface area (Å²) in [4.78, 5) is 12.4. The Kier molecular flexibility index (Phi) is 3.82. The average molecular weight is 260 g/mol. The van der Waals surface area contributed by atoms with Crippen LogP contribution in [0.3, 0.4) is 0 Å². The maximum atomic E-state index is 11.0. The van der Waals surface area contributed by atoms with E-state index in [-0.39, 0.29) is 0 Å². The number of benzene rings is 1. The smallest absolute Gasteiger partial charge is 0.345 e. The summed E-state index contributed by atoms with van der Waals surface area (Å²) in [7, 11) is 0. The lowest BCUT2D eigenvalue weighted by molar-refractivity contribution is 0.0702. The molecule has 0 fully saturated rings. The van der Waals surface area contributed by atoms with Crippen LogP contribution in [0.5, 0.6) is 0 Å². The summed E-state index contributed by atoms with van der Waals surface area (Å²) in [5.41, 5.74) is 3.46. The summed E-state index contributed by atoms with van der Waals surface area (Å²) in [6, 6.07) is 10.1. The molecule has 3 heteroatoms. The molecule has 2 rings (SSSR count). The molecule has 0 saturated heterocycles. The first-order chi connectivity index (χ1) is 8.61. The van der Waals surface area contributed by atoms with Crippen LogP contribution in [-0.2, 0) is 6.42 Å². The summed E-state index contributed by atoms with van der Waals surface area (Å²) in [6.45, 7) is 4.12. The Bertz CT molecular complexity index is 570. The van der Waals surface area contributed by atoms with Gasteiger partial charge < -0.3 is 5.11 Å². The quantitative estimate of drug-likeness (QED) is 0.886. The number of rotatable bonds is 4. The van der Waals surface area contributed by atoms with Crippen molar-refractivity contribution in [2.75, 3.05) is 0 Å². The normalized spacial score (nSPS) is 10.6. The maximum Gasteiger partial charge on any atom is 0.345 e. The minimum Gasteiger partial charge on any atom is -0.477 e. The third-order valence-electron chi connectivity index (χ3n) is 2.86. The van der Waals surface area contributed by atoms with E-state index in [2.05, 4.69) is 19.1 Å². The maximum absolute atomic E-state index is 11.0. The van der Waals surface area contributed by atoms with Gasteiger partial charge in [-0.05, 0) is 36.1 Å². The molecule has 0 atom stereocenters. The van der Waals surface area contributed by atoms with E-state index in [4.69, 9.17) is 5.11 Å². The van der Waals surface area contributed by atoms with Crippen LogP contribution < -0.4 is 0 Å². The minimum absolute atomic E-state index is 0.406. The molecule has 1 heterocycles. The summed E-state index contributed by atoms with van der Waals surface area (Å²) in [5.74, 6) is -0.848. The lowest BCUT2D eigenvalue weighted by Gasteiger charge is -2.03. The van der Waals surface area contributed by atoms with Crippen LogP contribution in [0.25, 0.3) is 10.4 Å². The van der Waals surface area contributed by atoms with E-state index < -0.39 is 5.97 Å². The highest BCUT2D eigenvalue weighted by Gasteiger charge is 2.12. The monoisotopic (exact) mass is 260 g/mol. The summed E-state index contributed by atoms with van der Waals surface area (Å²) < 4.78 is 0. The zero-order valence-electron chi connectivity index (χ0n) is 10.6. The highest BCUT2D eigenvalue weighted by Crippen LogP contribution is 2.32. The number of aryl methyl sites for hydroxylation is 2. The summed E-state index contributed by atoms with van der Waals surface area (Å²) in [6.07, 6.45) is 2.18. The van der Waals surface area contributed by atoms with Gasteiger partial charge in [-0.25, -0.2) is 4.79 Å². The van der Waals surface area contributed by atoms with E-state index in [0.29, 0.717) is 4.88 Å². The number of carboxylic acid groups (broad SMARTS) is 1. The Balaban J connectivity index is 2.41. The van der Waals surface area contributed by atoms with Crippen molar-refractivity contribution >= 4 is 17.3 Å². The number of hydrogen-bond acceptors (Lipinski definition) is 2. The van der Waals surface area contributed by atoms with E-state index in [0.717, 1.165) is 28.8 Å². The first-order valence-electron chi connectivity index (χ1n) is 6.05. The fourth-order valence-electron chi connectivity index (χ4n) is 2.03. The molecule has 0 unspecified atom stereocenters. The molecule has 0 saturated carbocycles. The van der Waals surface area contributed by atoms with Crippen LogP contribution in [0.1, 0.15) is 34.1 Å². The van der Waals surface area contributed by atoms with Crippen LogP contribution in [-0.4, -0.2) is 11.1 Å². The fraction of sp³-hybridized carbons (Fsp3) is 0.267.